The first-order valence-electron chi connectivity index (χ1n) is 4.84. The van der Waals surface area contributed by atoms with Gasteiger partial charge in [0.05, 0.1) is 12.2 Å². The Labute approximate surface area is 75.6 Å². The lowest BCUT2D eigenvalue weighted by Gasteiger charge is -2.35. The molecule has 0 amide bonds. The molecule has 0 aliphatic heterocycles. The van der Waals surface area contributed by atoms with E-state index in [1.54, 1.807) is 6.92 Å². The highest BCUT2D eigenvalue weighted by Gasteiger charge is 2.33. The average molecular weight is 174 g/mol. The molecular weight excluding hydrogens is 152 g/mol. The van der Waals surface area contributed by atoms with Crippen molar-refractivity contribution < 1.29 is 10.2 Å². The van der Waals surface area contributed by atoms with Crippen LogP contribution in [0.2, 0.25) is 0 Å². The maximum Gasteiger partial charge on any atom is 0.0849 e. The lowest BCUT2D eigenvalue weighted by molar-refractivity contribution is -0.0561. The fourth-order valence-electron chi connectivity index (χ4n) is 1.69. The summed E-state index contributed by atoms with van der Waals surface area (Å²) in [6.07, 6.45) is 1.71. The molecule has 0 radical (unpaired) electrons. The van der Waals surface area contributed by atoms with Crippen molar-refractivity contribution >= 4 is 0 Å². The van der Waals surface area contributed by atoms with E-state index in [9.17, 15) is 10.2 Å². The van der Waals surface area contributed by atoms with E-state index in [0.717, 1.165) is 19.3 Å². The largest absolute Gasteiger partial charge is 0.391 e. The molecule has 3 unspecified atom stereocenters. The van der Waals surface area contributed by atoms with Gasteiger partial charge in [0.25, 0.3) is 0 Å². The van der Waals surface area contributed by atoms with Gasteiger partial charge < -0.3 is 10.2 Å². The molecule has 2 N–H and O–H groups in total. The van der Waals surface area contributed by atoms with Crippen molar-refractivity contribution in [3.05, 3.63) is 0 Å². The lowest BCUT2D eigenvalue weighted by atomic mass is 9.76. The zero-order chi connectivity index (χ0) is 9.78. The van der Waals surface area contributed by atoms with E-state index in [1.807, 2.05) is 6.92 Å². The monoisotopic (exact) mass is 174 g/mol. The molecule has 0 saturated carbocycles. The van der Waals surface area contributed by atoms with Crippen LogP contribution in [0.4, 0.5) is 0 Å². The molecular formula is C10H22O2. The molecule has 0 bridgehead atoms. The van der Waals surface area contributed by atoms with Crippen LogP contribution in [0.25, 0.3) is 0 Å². The molecule has 0 fully saturated rings. The maximum atomic E-state index is 9.73. The van der Waals surface area contributed by atoms with E-state index in [-0.39, 0.29) is 5.41 Å². The minimum atomic E-state index is -0.624. The summed E-state index contributed by atoms with van der Waals surface area (Å²) in [4.78, 5) is 0. The summed E-state index contributed by atoms with van der Waals surface area (Å²) >= 11 is 0. The Morgan fingerprint density at radius 2 is 1.75 bits per heavy atom. The van der Waals surface area contributed by atoms with E-state index in [2.05, 4.69) is 13.8 Å². The lowest BCUT2D eigenvalue weighted by Crippen LogP contribution is -2.39. The second-order valence-corrected chi connectivity index (χ2v) is 3.94. The first-order chi connectivity index (χ1) is 5.48. The standard InChI is InChI=1S/C10H22O2/c1-5-7-10(4,6-2)9(12)8(3)11/h8-9,11-12H,5-7H2,1-4H3. The van der Waals surface area contributed by atoms with Gasteiger partial charge in [-0.15, -0.1) is 0 Å². The predicted molar refractivity (Wildman–Crippen MR) is 51.0 cm³/mol. The van der Waals surface area contributed by atoms with Gasteiger partial charge in [0.15, 0.2) is 0 Å². The van der Waals surface area contributed by atoms with E-state index in [0.29, 0.717) is 0 Å². The van der Waals surface area contributed by atoms with Crippen molar-refractivity contribution in [3.63, 3.8) is 0 Å². The normalized spacial score (nSPS) is 21.5. The van der Waals surface area contributed by atoms with Crippen molar-refractivity contribution in [3.8, 4) is 0 Å². The first kappa shape index (κ1) is 11.9. The van der Waals surface area contributed by atoms with Crippen LogP contribution in [0.5, 0.6) is 0 Å². The topological polar surface area (TPSA) is 40.5 Å². The van der Waals surface area contributed by atoms with Crippen LogP contribution >= 0.6 is 0 Å². The van der Waals surface area contributed by atoms with Crippen LogP contribution in [0.1, 0.15) is 47.0 Å². The third-order valence-corrected chi connectivity index (χ3v) is 2.80. The summed E-state index contributed by atoms with van der Waals surface area (Å²) in [5, 5.41) is 19.0. The van der Waals surface area contributed by atoms with Crippen molar-refractivity contribution in [2.75, 3.05) is 0 Å². The smallest absolute Gasteiger partial charge is 0.0849 e. The Morgan fingerprint density at radius 3 is 2.00 bits per heavy atom. The van der Waals surface area contributed by atoms with Crippen molar-refractivity contribution in [1.82, 2.24) is 0 Å². The van der Waals surface area contributed by atoms with E-state index in [1.165, 1.54) is 0 Å². The van der Waals surface area contributed by atoms with Gasteiger partial charge in [-0.3, -0.25) is 0 Å². The fraction of sp³-hybridized carbons (Fsp3) is 1.00. The molecule has 0 spiro atoms. The first-order valence-corrected chi connectivity index (χ1v) is 4.84. The van der Waals surface area contributed by atoms with Gasteiger partial charge in [0.1, 0.15) is 0 Å². The summed E-state index contributed by atoms with van der Waals surface area (Å²) < 4.78 is 0. The number of rotatable bonds is 5. The molecule has 0 aromatic rings. The minimum absolute atomic E-state index is 0.122. The van der Waals surface area contributed by atoms with Crippen molar-refractivity contribution in [1.29, 1.82) is 0 Å². The van der Waals surface area contributed by atoms with Crippen molar-refractivity contribution in [2.45, 2.75) is 59.2 Å². The molecule has 0 aliphatic carbocycles. The van der Waals surface area contributed by atoms with Gasteiger partial charge in [-0.25, -0.2) is 0 Å². The molecule has 2 heteroatoms. The Bertz CT molecular complexity index is 123. The van der Waals surface area contributed by atoms with E-state index >= 15 is 0 Å². The Kier molecular flexibility index (Phi) is 4.80. The van der Waals surface area contributed by atoms with E-state index in [4.69, 9.17) is 0 Å². The van der Waals surface area contributed by atoms with Crippen LogP contribution in [0.3, 0.4) is 0 Å². The molecule has 3 atom stereocenters. The highest BCUT2D eigenvalue weighted by Crippen LogP contribution is 2.32. The van der Waals surface area contributed by atoms with Crippen LogP contribution in [0.15, 0.2) is 0 Å². The molecule has 74 valence electrons. The Morgan fingerprint density at radius 1 is 1.25 bits per heavy atom. The maximum absolute atomic E-state index is 9.73. The fourth-order valence-corrected chi connectivity index (χ4v) is 1.69. The summed E-state index contributed by atoms with van der Waals surface area (Å²) in [6, 6.07) is 0. The van der Waals surface area contributed by atoms with Gasteiger partial charge in [0, 0.05) is 0 Å². The second-order valence-electron chi connectivity index (χ2n) is 3.94. The zero-order valence-corrected chi connectivity index (χ0v) is 8.67. The average Bonchev–Trinajstić information content (AvgIpc) is 2.03. The molecule has 0 heterocycles. The van der Waals surface area contributed by atoms with Crippen LogP contribution in [-0.4, -0.2) is 22.4 Å². The van der Waals surface area contributed by atoms with Gasteiger partial charge in [-0.2, -0.15) is 0 Å². The molecule has 0 aliphatic rings. The Hall–Kier alpha value is -0.0800. The number of aliphatic hydroxyl groups excluding tert-OH is 2. The summed E-state index contributed by atoms with van der Waals surface area (Å²) in [5.74, 6) is 0. The molecule has 0 aromatic heterocycles. The summed E-state index contributed by atoms with van der Waals surface area (Å²) in [6.45, 7) is 7.84. The van der Waals surface area contributed by atoms with Gasteiger partial charge >= 0.3 is 0 Å². The summed E-state index contributed by atoms with van der Waals surface area (Å²) in [7, 11) is 0. The van der Waals surface area contributed by atoms with E-state index < -0.39 is 12.2 Å². The highest BCUT2D eigenvalue weighted by molar-refractivity contribution is 4.83. The SMILES string of the molecule is CCCC(C)(CC)C(O)C(C)O. The molecule has 2 nitrogen and oxygen atoms in total. The number of hydrogen-bond acceptors (Lipinski definition) is 2. The second kappa shape index (κ2) is 4.83. The molecule has 0 aromatic carbocycles. The van der Waals surface area contributed by atoms with Crippen LogP contribution < -0.4 is 0 Å². The minimum Gasteiger partial charge on any atom is -0.391 e. The Balaban J connectivity index is 4.28. The number of hydrogen-bond donors (Lipinski definition) is 2. The quantitative estimate of drug-likeness (QED) is 0.668. The predicted octanol–water partition coefficient (Wildman–Crippen LogP) is 1.94. The van der Waals surface area contributed by atoms with Crippen molar-refractivity contribution in [2.24, 2.45) is 5.41 Å². The molecule has 0 saturated heterocycles. The van der Waals surface area contributed by atoms with Gasteiger partial charge in [-0.05, 0) is 25.2 Å². The molecule has 0 rings (SSSR count). The van der Waals surface area contributed by atoms with Gasteiger partial charge in [-0.1, -0.05) is 27.2 Å². The third-order valence-electron chi connectivity index (χ3n) is 2.80. The highest BCUT2D eigenvalue weighted by atomic mass is 16.3. The third kappa shape index (κ3) is 2.76. The van der Waals surface area contributed by atoms with Crippen LogP contribution in [0, 0.1) is 5.41 Å². The molecule has 12 heavy (non-hydrogen) atoms. The van der Waals surface area contributed by atoms with Gasteiger partial charge in [0.2, 0.25) is 0 Å². The van der Waals surface area contributed by atoms with Crippen LogP contribution in [-0.2, 0) is 0 Å². The number of aliphatic hydroxyl groups is 2. The summed E-state index contributed by atoms with van der Waals surface area (Å²) in [5.41, 5.74) is -0.122. The zero-order valence-electron chi connectivity index (χ0n) is 8.67.